The molecule has 0 bridgehead atoms. The zero-order chi connectivity index (χ0) is 19.9. The lowest BCUT2D eigenvalue weighted by molar-refractivity contribution is 0.0955. The van der Waals surface area contributed by atoms with Gasteiger partial charge in [-0.15, -0.1) is 11.3 Å². The Labute approximate surface area is 166 Å². The summed E-state index contributed by atoms with van der Waals surface area (Å²) in [5.74, 6) is 0.875. The Morgan fingerprint density at radius 3 is 2.71 bits per heavy atom. The van der Waals surface area contributed by atoms with Crippen molar-refractivity contribution in [3.05, 3.63) is 69.7 Å². The molecule has 3 aromatic rings. The number of nitrogens with zero attached hydrogens (tertiary/aromatic N) is 2. The second-order valence-electron chi connectivity index (χ2n) is 5.80. The zero-order valence-corrected chi connectivity index (χ0v) is 16.2. The van der Waals surface area contributed by atoms with E-state index in [0.29, 0.717) is 23.7 Å². The van der Waals surface area contributed by atoms with Crippen molar-refractivity contribution in [2.24, 2.45) is 5.10 Å². The van der Waals surface area contributed by atoms with Gasteiger partial charge in [-0.3, -0.25) is 4.79 Å². The van der Waals surface area contributed by atoms with E-state index in [-0.39, 0.29) is 11.7 Å². The molecule has 0 aliphatic heterocycles. The fourth-order valence-corrected chi connectivity index (χ4v) is 2.95. The SMILES string of the molecule is COc1cc(/C=N\NC(=O)c2ccc(O)cc2)ccc1OCc1csc(C)n1. The normalized spacial score (nSPS) is 10.8. The third-order valence-corrected chi connectivity index (χ3v) is 4.56. The van der Waals surface area contributed by atoms with Gasteiger partial charge in [-0.1, -0.05) is 0 Å². The number of rotatable bonds is 7. The van der Waals surface area contributed by atoms with Gasteiger partial charge in [0.1, 0.15) is 12.4 Å². The first-order valence-corrected chi connectivity index (χ1v) is 9.27. The lowest BCUT2D eigenvalue weighted by atomic mass is 10.2. The van der Waals surface area contributed by atoms with Gasteiger partial charge >= 0.3 is 0 Å². The average Bonchev–Trinajstić information content (AvgIpc) is 3.12. The van der Waals surface area contributed by atoms with Crippen LogP contribution in [0.2, 0.25) is 0 Å². The molecule has 0 aliphatic carbocycles. The first kappa shape index (κ1) is 19.4. The fraction of sp³-hybridized carbons (Fsp3) is 0.150. The summed E-state index contributed by atoms with van der Waals surface area (Å²) in [6.07, 6.45) is 1.51. The second-order valence-corrected chi connectivity index (χ2v) is 6.87. The van der Waals surface area contributed by atoms with Gasteiger partial charge in [0.15, 0.2) is 11.5 Å². The topological polar surface area (TPSA) is 93.0 Å². The number of hydrogen-bond donors (Lipinski definition) is 2. The number of aryl methyl sites for hydroxylation is 1. The van der Waals surface area contributed by atoms with Crippen LogP contribution in [0.3, 0.4) is 0 Å². The van der Waals surface area contributed by atoms with Gasteiger partial charge in [0.25, 0.3) is 5.91 Å². The number of phenolic OH excluding ortho intramolecular Hbond substituents is 1. The summed E-state index contributed by atoms with van der Waals surface area (Å²) in [6.45, 7) is 2.31. The van der Waals surface area contributed by atoms with Crippen LogP contribution in [0.5, 0.6) is 17.2 Å². The molecule has 8 heteroatoms. The molecule has 0 aliphatic rings. The molecule has 3 rings (SSSR count). The van der Waals surface area contributed by atoms with E-state index in [0.717, 1.165) is 16.3 Å². The number of benzene rings is 2. The molecule has 1 heterocycles. The second kappa shape index (κ2) is 9.01. The monoisotopic (exact) mass is 397 g/mol. The molecule has 0 radical (unpaired) electrons. The molecule has 0 saturated heterocycles. The van der Waals surface area contributed by atoms with Gasteiger partial charge in [-0.25, -0.2) is 10.4 Å². The Bertz CT molecular complexity index is 983. The van der Waals surface area contributed by atoms with Gasteiger partial charge in [0, 0.05) is 10.9 Å². The van der Waals surface area contributed by atoms with Gasteiger partial charge in [0.2, 0.25) is 0 Å². The molecular weight excluding hydrogens is 378 g/mol. The Balaban J connectivity index is 1.61. The molecule has 0 atom stereocenters. The number of hydrogen-bond acceptors (Lipinski definition) is 7. The maximum absolute atomic E-state index is 12.0. The minimum Gasteiger partial charge on any atom is -0.508 e. The lowest BCUT2D eigenvalue weighted by Crippen LogP contribution is -2.17. The number of carbonyl (C=O) groups is 1. The van der Waals surface area contributed by atoms with E-state index >= 15 is 0 Å². The van der Waals surface area contributed by atoms with Crippen LogP contribution in [-0.4, -0.2) is 29.3 Å². The molecule has 1 amide bonds. The highest BCUT2D eigenvalue weighted by atomic mass is 32.1. The predicted octanol–water partition coefficient (Wildman–Crippen LogP) is 3.51. The van der Waals surface area contributed by atoms with E-state index in [9.17, 15) is 9.90 Å². The molecule has 28 heavy (non-hydrogen) atoms. The van der Waals surface area contributed by atoms with Crippen LogP contribution in [0, 0.1) is 6.92 Å². The van der Waals surface area contributed by atoms with Crippen LogP contribution < -0.4 is 14.9 Å². The number of aromatic nitrogens is 1. The number of aromatic hydroxyl groups is 1. The van der Waals surface area contributed by atoms with Gasteiger partial charge in [0.05, 0.1) is 24.0 Å². The first-order valence-electron chi connectivity index (χ1n) is 8.39. The summed E-state index contributed by atoms with van der Waals surface area (Å²) in [5, 5.41) is 16.2. The number of ether oxygens (including phenoxy) is 2. The molecule has 7 nitrogen and oxygen atoms in total. The van der Waals surface area contributed by atoms with E-state index in [1.165, 1.54) is 30.5 Å². The Kier molecular flexibility index (Phi) is 6.23. The van der Waals surface area contributed by atoms with Crippen molar-refractivity contribution in [3.8, 4) is 17.2 Å². The standard InChI is InChI=1S/C20H19N3O4S/c1-13-22-16(12-28-13)11-27-18-8-3-14(9-19(18)26-2)10-21-23-20(25)15-4-6-17(24)7-5-15/h3-10,12,24H,11H2,1-2H3,(H,23,25)/b21-10-. The number of hydrazone groups is 1. The fourth-order valence-electron chi connectivity index (χ4n) is 2.35. The highest BCUT2D eigenvalue weighted by molar-refractivity contribution is 7.09. The molecule has 0 fully saturated rings. The van der Waals surface area contributed by atoms with Gasteiger partial charge in [-0.2, -0.15) is 5.10 Å². The number of amides is 1. The van der Waals surface area contributed by atoms with E-state index in [1.54, 1.807) is 36.6 Å². The third kappa shape index (κ3) is 5.08. The smallest absolute Gasteiger partial charge is 0.271 e. The molecule has 0 spiro atoms. The van der Waals surface area contributed by atoms with Crippen LogP contribution in [0.1, 0.15) is 26.6 Å². The number of thiazole rings is 1. The summed E-state index contributed by atoms with van der Waals surface area (Å²) in [6, 6.07) is 11.3. The van der Waals surface area contributed by atoms with Crippen molar-refractivity contribution in [1.82, 2.24) is 10.4 Å². The molecular formula is C20H19N3O4S. The number of phenols is 1. The molecule has 144 valence electrons. The Morgan fingerprint density at radius 2 is 2.04 bits per heavy atom. The summed E-state index contributed by atoms with van der Waals surface area (Å²) in [5.41, 5.74) is 4.44. The van der Waals surface area contributed by atoms with E-state index in [1.807, 2.05) is 12.3 Å². The van der Waals surface area contributed by atoms with E-state index in [4.69, 9.17) is 9.47 Å². The Morgan fingerprint density at radius 1 is 1.25 bits per heavy atom. The summed E-state index contributed by atoms with van der Waals surface area (Å²) in [4.78, 5) is 16.4. The quantitative estimate of drug-likeness (QED) is 0.470. The van der Waals surface area contributed by atoms with Crippen molar-refractivity contribution >= 4 is 23.5 Å². The van der Waals surface area contributed by atoms with Crippen LogP contribution in [0.4, 0.5) is 0 Å². The summed E-state index contributed by atoms with van der Waals surface area (Å²) in [7, 11) is 1.56. The summed E-state index contributed by atoms with van der Waals surface area (Å²) < 4.78 is 11.1. The maximum atomic E-state index is 12.0. The average molecular weight is 397 g/mol. The Hall–Kier alpha value is -3.39. The van der Waals surface area contributed by atoms with Crippen LogP contribution in [0.25, 0.3) is 0 Å². The van der Waals surface area contributed by atoms with Crippen molar-refractivity contribution in [2.45, 2.75) is 13.5 Å². The summed E-state index contributed by atoms with van der Waals surface area (Å²) >= 11 is 1.58. The number of nitrogens with one attached hydrogen (secondary N) is 1. The first-order chi connectivity index (χ1) is 13.5. The molecule has 1 aromatic heterocycles. The van der Waals surface area contributed by atoms with Crippen LogP contribution in [0.15, 0.2) is 52.9 Å². The van der Waals surface area contributed by atoms with Crippen molar-refractivity contribution in [2.75, 3.05) is 7.11 Å². The molecule has 0 unspecified atom stereocenters. The largest absolute Gasteiger partial charge is 0.508 e. The van der Waals surface area contributed by atoms with E-state index in [2.05, 4.69) is 15.5 Å². The lowest BCUT2D eigenvalue weighted by Gasteiger charge is -2.10. The van der Waals surface area contributed by atoms with Crippen LogP contribution >= 0.6 is 11.3 Å². The third-order valence-electron chi connectivity index (χ3n) is 3.74. The number of carbonyl (C=O) groups excluding carboxylic acids is 1. The van der Waals surface area contributed by atoms with Crippen molar-refractivity contribution in [3.63, 3.8) is 0 Å². The highest BCUT2D eigenvalue weighted by Crippen LogP contribution is 2.28. The predicted molar refractivity (Wildman–Crippen MR) is 107 cm³/mol. The highest BCUT2D eigenvalue weighted by Gasteiger charge is 2.07. The minimum atomic E-state index is -0.373. The van der Waals surface area contributed by atoms with Crippen molar-refractivity contribution in [1.29, 1.82) is 0 Å². The molecule has 2 N–H and O–H groups in total. The zero-order valence-electron chi connectivity index (χ0n) is 15.4. The van der Waals surface area contributed by atoms with Gasteiger partial charge < -0.3 is 14.6 Å². The van der Waals surface area contributed by atoms with Gasteiger partial charge in [-0.05, 0) is 55.0 Å². The van der Waals surface area contributed by atoms with Crippen molar-refractivity contribution < 1.29 is 19.4 Å². The molecule has 2 aromatic carbocycles. The molecule has 0 saturated carbocycles. The minimum absolute atomic E-state index is 0.0966. The maximum Gasteiger partial charge on any atom is 0.271 e. The number of methoxy groups -OCH3 is 1. The van der Waals surface area contributed by atoms with Crippen LogP contribution in [-0.2, 0) is 6.61 Å². The van der Waals surface area contributed by atoms with E-state index < -0.39 is 0 Å².